The van der Waals surface area contributed by atoms with Gasteiger partial charge in [-0.3, -0.25) is 9.89 Å². The number of nitrogens with zero attached hydrogens (tertiary/aromatic N) is 2. The zero-order chi connectivity index (χ0) is 18.3. The van der Waals surface area contributed by atoms with E-state index in [0.29, 0.717) is 17.7 Å². The van der Waals surface area contributed by atoms with Crippen LogP contribution in [0.1, 0.15) is 43.5 Å². The number of hydrogen-bond donors (Lipinski definition) is 3. The minimum Gasteiger partial charge on any atom is -0.327 e. The van der Waals surface area contributed by atoms with Gasteiger partial charge in [-0.2, -0.15) is 5.10 Å². The van der Waals surface area contributed by atoms with Gasteiger partial charge in [0, 0.05) is 23.2 Å². The zero-order valence-corrected chi connectivity index (χ0v) is 15.5. The fourth-order valence-electron chi connectivity index (χ4n) is 4.61. The Morgan fingerprint density at radius 3 is 2.62 bits per heavy atom. The zero-order valence-electron chi connectivity index (χ0n) is 15.5. The number of fused-ring (bicyclic) bond motifs is 2. The second-order valence-corrected chi connectivity index (χ2v) is 7.96. The van der Waals surface area contributed by atoms with Gasteiger partial charge in [0.15, 0.2) is 5.82 Å². The van der Waals surface area contributed by atoms with Gasteiger partial charge in [-0.15, -0.1) is 0 Å². The van der Waals surface area contributed by atoms with Crippen molar-refractivity contribution in [2.45, 2.75) is 52.0 Å². The summed E-state index contributed by atoms with van der Waals surface area (Å²) in [5, 5.41) is 10.2. The van der Waals surface area contributed by atoms with Crippen LogP contribution in [0.15, 0.2) is 18.2 Å². The highest BCUT2D eigenvalue weighted by atomic mass is 16.1. The van der Waals surface area contributed by atoms with Gasteiger partial charge in [-0.25, -0.2) is 4.98 Å². The van der Waals surface area contributed by atoms with E-state index in [9.17, 15) is 4.79 Å². The number of nitrogens with one attached hydrogen (secondary N) is 2. The molecule has 2 atom stereocenters. The van der Waals surface area contributed by atoms with Gasteiger partial charge in [0.2, 0.25) is 5.91 Å². The lowest BCUT2D eigenvalue weighted by atomic mass is 9.65. The molecule has 2 aliphatic rings. The second-order valence-electron chi connectivity index (χ2n) is 7.96. The van der Waals surface area contributed by atoms with Crippen molar-refractivity contribution < 1.29 is 4.79 Å². The van der Waals surface area contributed by atoms with Crippen LogP contribution < -0.4 is 11.1 Å². The molecule has 2 aliphatic carbocycles. The minimum absolute atomic E-state index is 0.0684. The molecular formula is C20H27N5O. The second kappa shape index (κ2) is 6.83. The number of amides is 1. The molecule has 6 heteroatoms. The molecule has 0 spiro atoms. The van der Waals surface area contributed by atoms with E-state index in [4.69, 9.17) is 5.73 Å². The molecule has 2 fully saturated rings. The molecule has 138 valence electrons. The average Bonchev–Trinajstić information content (AvgIpc) is 3.03. The minimum atomic E-state index is 0.0684. The van der Waals surface area contributed by atoms with E-state index in [1.165, 1.54) is 19.3 Å². The Kier molecular flexibility index (Phi) is 4.53. The number of benzene rings is 1. The number of rotatable bonds is 3. The van der Waals surface area contributed by atoms with Crippen LogP contribution in [0.3, 0.4) is 0 Å². The lowest BCUT2D eigenvalue weighted by molar-refractivity contribution is -0.122. The molecular weight excluding hydrogens is 326 g/mol. The van der Waals surface area contributed by atoms with Crippen molar-refractivity contribution in [3.63, 3.8) is 0 Å². The summed E-state index contributed by atoms with van der Waals surface area (Å²) >= 11 is 0. The third-order valence-electron chi connectivity index (χ3n) is 6.13. The maximum Gasteiger partial charge on any atom is 0.227 e. The standard InChI is InChI=1S/C20H27N5O/c1-11-6-7-15(19-22-12(2)24-25-19)10-17(11)23-20(26)16-8-13-4-3-5-14(9-16)18(13)21/h6-7,10,13-14,16,18H,3-5,8-9,21H2,1-2H3,(H,23,26)(H,22,24,25). The Hall–Kier alpha value is -2.21. The monoisotopic (exact) mass is 353 g/mol. The highest BCUT2D eigenvalue weighted by Crippen LogP contribution is 2.42. The molecule has 6 nitrogen and oxygen atoms in total. The van der Waals surface area contributed by atoms with E-state index in [1.807, 2.05) is 32.0 Å². The highest BCUT2D eigenvalue weighted by Gasteiger charge is 2.40. The third-order valence-corrected chi connectivity index (χ3v) is 6.13. The molecule has 4 N–H and O–H groups in total. The van der Waals surface area contributed by atoms with Gasteiger partial charge >= 0.3 is 0 Å². The molecule has 1 heterocycles. The Balaban J connectivity index is 1.51. The molecule has 0 saturated heterocycles. The SMILES string of the molecule is Cc1nc(-c2ccc(C)c(NC(=O)C3CC4CCCC(C3)C4N)c2)n[nH]1. The number of carbonyl (C=O) groups excluding carboxylic acids is 1. The molecule has 0 aliphatic heterocycles. The molecule has 1 aromatic heterocycles. The maximum atomic E-state index is 12.9. The van der Waals surface area contributed by atoms with Crippen molar-refractivity contribution in [2.75, 3.05) is 5.32 Å². The smallest absolute Gasteiger partial charge is 0.227 e. The first-order chi connectivity index (χ1) is 12.5. The van der Waals surface area contributed by atoms with E-state index in [0.717, 1.165) is 35.5 Å². The van der Waals surface area contributed by atoms with Crippen molar-refractivity contribution in [2.24, 2.45) is 23.5 Å². The van der Waals surface area contributed by atoms with Crippen molar-refractivity contribution in [3.8, 4) is 11.4 Å². The first-order valence-electron chi connectivity index (χ1n) is 9.57. The summed E-state index contributed by atoms with van der Waals surface area (Å²) in [4.78, 5) is 17.3. The van der Waals surface area contributed by atoms with E-state index in [2.05, 4.69) is 20.5 Å². The normalized spacial score (nSPS) is 28.0. The summed E-state index contributed by atoms with van der Waals surface area (Å²) in [5.74, 6) is 2.62. The number of aromatic nitrogens is 3. The maximum absolute atomic E-state index is 12.9. The van der Waals surface area contributed by atoms with Gasteiger partial charge in [-0.05, 0) is 63.0 Å². The molecule has 2 saturated carbocycles. The summed E-state index contributed by atoms with van der Waals surface area (Å²) in [6.45, 7) is 3.88. The highest BCUT2D eigenvalue weighted by molar-refractivity contribution is 5.94. The van der Waals surface area contributed by atoms with Gasteiger partial charge in [0.05, 0.1) is 0 Å². The Morgan fingerprint density at radius 2 is 1.96 bits per heavy atom. The largest absolute Gasteiger partial charge is 0.327 e. The first-order valence-corrected chi connectivity index (χ1v) is 9.57. The molecule has 2 bridgehead atoms. The molecule has 2 aromatic rings. The van der Waals surface area contributed by atoms with E-state index in [-0.39, 0.29) is 17.9 Å². The Morgan fingerprint density at radius 1 is 1.23 bits per heavy atom. The van der Waals surface area contributed by atoms with Crippen molar-refractivity contribution in [3.05, 3.63) is 29.6 Å². The summed E-state index contributed by atoms with van der Waals surface area (Å²) in [7, 11) is 0. The van der Waals surface area contributed by atoms with E-state index in [1.54, 1.807) is 0 Å². The average molecular weight is 353 g/mol. The van der Waals surface area contributed by atoms with Crippen molar-refractivity contribution in [1.82, 2.24) is 15.2 Å². The summed E-state index contributed by atoms with van der Waals surface area (Å²) in [6, 6.07) is 6.23. The Labute approximate surface area is 154 Å². The van der Waals surface area contributed by atoms with Crippen LogP contribution >= 0.6 is 0 Å². The van der Waals surface area contributed by atoms with Crippen LogP contribution in [-0.4, -0.2) is 27.1 Å². The van der Waals surface area contributed by atoms with Gasteiger partial charge in [0.1, 0.15) is 5.82 Å². The van der Waals surface area contributed by atoms with Crippen LogP contribution in [0, 0.1) is 31.6 Å². The number of aryl methyl sites for hydroxylation is 2. The third kappa shape index (κ3) is 3.26. The quantitative estimate of drug-likeness (QED) is 0.789. The van der Waals surface area contributed by atoms with Gasteiger partial charge in [-0.1, -0.05) is 18.6 Å². The van der Waals surface area contributed by atoms with Crippen molar-refractivity contribution in [1.29, 1.82) is 0 Å². The van der Waals surface area contributed by atoms with Crippen LogP contribution in [0.4, 0.5) is 5.69 Å². The molecule has 1 amide bonds. The molecule has 2 unspecified atom stereocenters. The summed E-state index contributed by atoms with van der Waals surface area (Å²) in [5.41, 5.74) is 9.15. The lowest BCUT2D eigenvalue weighted by Gasteiger charge is -2.43. The van der Waals surface area contributed by atoms with E-state index < -0.39 is 0 Å². The lowest BCUT2D eigenvalue weighted by Crippen LogP contribution is -2.48. The molecule has 4 rings (SSSR count). The van der Waals surface area contributed by atoms with Crippen LogP contribution in [0.2, 0.25) is 0 Å². The van der Waals surface area contributed by atoms with Gasteiger partial charge < -0.3 is 11.1 Å². The topological polar surface area (TPSA) is 96.7 Å². The first kappa shape index (κ1) is 17.2. The van der Waals surface area contributed by atoms with Gasteiger partial charge in [0.25, 0.3) is 0 Å². The Bertz CT molecular complexity index is 800. The number of carbonyl (C=O) groups is 1. The summed E-state index contributed by atoms with van der Waals surface area (Å²) in [6.07, 6.45) is 5.43. The molecule has 26 heavy (non-hydrogen) atoms. The van der Waals surface area contributed by atoms with Crippen LogP contribution in [0.25, 0.3) is 11.4 Å². The van der Waals surface area contributed by atoms with Crippen molar-refractivity contribution >= 4 is 11.6 Å². The number of aromatic amines is 1. The van der Waals surface area contributed by atoms with Crippen LogP contribution in [-0.2, 0) is 4.79 Å². The number of hydrogen-bond acceptors (Lipinski definition) is 4. The fourth-order valence-corrected chi connectivity index (χ4v) is 4.61. The summed E-state index contributed by atoms with van der Waals surface area (Å²) < 4.78 is 0. The molecule has 1 aromatic carbocycles. The predicted octanol–water partition coefficient (Wildman–Crippen LogP) is 3.18. The fraction of sp³-hybridized carbons (Fsp3) is 0.550. The van der Waals surface area contributed by atoms with Crippen LogP contribution in [0.5, 0.6) is 0 Å². The number of nitrogens with two attached hydrogens (primary N) is 1. The van der Waals surface area contributed by atoms with E-state index >= 15 is 0 Å². The predicted molar refractivity (Wildman–Crippen MR) is 101 cm³/mol. The number of anilines is 1. The molecule has 0 radical (unpaired) electrons. The number of H-pyrrole nitrogens is 1.